The minimum absolute atomic E-state index is 0.375. The first-order valence-corrected chi connectivity index (χ1v) is 4.70. The van der Waals surface area contributed by atoms with Gasteiger partial charge in [0, 0.05) is 19.8 Å². The summed E-state index contributed by atoms with van der Waals surface area (Å²) in [5.41, 5.74) is 5.26. The Morgan fingerprint density at radius 1 is 1.25 bits per heavy atom. The van der Waals surface area contributed by atoms with Gasteiger partial charge in [0.25, 0.3) is 0 Å². The Morgan fingerprint density at radius 2 is 2.00 bits per heavy atom. The molecule has 0 aromatic heterocycles. The van der Waals surface area contributed by atoms with Crippen LogP contribution in [-0.4, -0.2) is 32.5 Å². The van der Waals surface area contributed by atoms with Crippen molar-refractivity contribution >= 4 is 0 Å². The fourth-order valence-corrected chi connectivity index (χ4v) is 0.749. The van der Waals surface area contributed by atoms with Crippen LogP contribution in [0.25, 0.3) is 0 Å². The Kier molecular flexibility index (Phi) is 8.88. The van der Waals surface area contributed by atoms with Crippen LogP contribution >= 0.6 is 0 Å². The van der Waals surface area contributed by atoms with E-state index in [1.807, 2.05) is 0 Å². The van der Waals surface area contributed by atoms with Gasteiger partial charge in [-0.05, 0) is 19.8 Å². The van der Waals surface area contributed by atoms with Crippen LogP contribution in [0.4, 0.5) is 0 Å². The summed E-state index contributed by atoms with van der Waals surface area (Å²) in [6.07, 6.45) is 2.41. The topological polar surface area (TPSA) is 44.5 Å². The lowest BCUT2D eigenvalue weighted by Gasteiger charge is -2.09. The molecule has 3 heteroatoms. The summed E-state index contributed by atoms with van der Waals surface area (Å²) in [5.74, 6) is 0. The molecule has 0 aliphatic rings. The van der Waals surface area contributed by atoms with Gasteiger partial charge in [-0.15, -0.1) is 0 Å². The fraction of sp³-hybridized carbons (Fsp3) is 1.00. The predicted octanol–water partition coefficient (Wildman–Crippen LogP) is 1.17. The minimum Gasteiger partial charge on any atom is -0.380 e. The van der Waals surface area contributed by atoms with Gasteiger partial charge in [0.15, 0.2) is 0 Å². The lowest BCUT2D eigenvalue weighted by Crippen LogP contribution is -2.12. The van der Waals surface area contributed by atoms with Gasteiger partial charge in [0.05, 0.1) is 12.7 Å². The Balaban J connectivity index is 2.90. The lowest BCUT2D eigenvalue weighted by atomic mass is 10.3. The maximum absolute atomic E-state index is 5.46. The largest absolute Gasteiger partial charge is 0.380 e. The second kappa shape index (κ2) is 8.97. The number of hydrogen-bond donors (Lipinski definition) is 1. The molecule has 0 heterocycles. The third-order valence-electron chi connectivity index (χ3n) is 1.67. The molecule has 1 atom stereocenters. The molecule has 0 aliphatic carbocycles. The first kappa shape index (κ1) is 11.9. The summed E-state index contributed by atoms with van der Waals surface area (Å²) >= 11 is 0. The molecule has 0 spiro atoms. The molecule has 2 N–H and O–H groups in total. The standard InChI is InChI=1S/C9H21NO2/c1-3-9(2)12-7-4-6-11-8-5-10/h9H,3-8,10H2,1-2H3/t9-/m0/s1. The number of hydrogen-bond acceptors (Lipinski definition) is 3. The van der Waals surface area contributed by atoms with Gasteiger partial charge in [0.2, 0.25) is 0 Å². The number of nitrogens with two attached hydrogens (primary N) is 1. The lowest BCUT2D eigenvalue weighted by molar-refractivity contribution is 0.0420. The summed E-state index contributed by atoms with van der Waals surface area (Å²) in [6.45, 7) is 7.01. The van der Waals surface area contributed by atoms with E-state index in [9.17, 15) is 0 Å². The molecule has 74 valence electrons. The molecule has 3 nitrogen and oxygen atoms in total. The highest BCUT2D eigenvalue weighted by Crippen LogP contribution is 1.96. The van der Waals surface area contributed by atoms with Crippen LogP contribution in [0.3, 0.4) is 0 Å². The summed E-state index contributed by atoms with van der Waals surface area (Å²) in [4.78, 5) is 0. The summed E-state index contributed by atoms with van der Waals surface area (Å²) in [6, 6.07) is 0. The highest BCUT2D eigenvalue weighted by molar-refractivity contribution is 4.44. The van der Waals surface area contributed by atoms with Crippen LogP contribution < -0.4 is 5.73 Å². The van der Waals surface area contributed by atoms with Crippen LogP contribution in [-0.2, 0) is 9.47 Å². The molecular weight excluding hydrogens is 154 g/mol. The van der Waals surface area contributed by atoms with E-state index in [4.69, 9.17) is 15.2 Å². The van der Waals surface area contributed by atoms with E-state index in [2.05, 4.69) is 13.8 Å². The summed E-state index contributed by atoms with van der Waals surface area (Å²) < 4.78 is 10.7. The Labute approximate surface area is 75.2 Å². The Morgan fingerprint density at radius 3 is 2.58 bits per heavy atom. The SMILES string of the molecule is CC[C@H](C)OCCCOCCN. The molecule has 0 bridgehead atoms. The Bertz CT molecular complexity index is 88.6. The van der Waals surface area contributed by atoms with Crippen molar-refractivity contribution in [1.29, 1.82) is 0 Å². The molecule has 0 fully saturated rings. The molecule has 0 aromatic carbocycles. The fourth-order valence-electron chi connectivity index (χ4n) is 0.749. The molecule has 0 aromatic rings. The zero-order chi connectivity index (χ0) is 9.23. The van der Waals surface area contributed by atoms with Gasteiger partial charge in [-0.3, -0.25) is 0 Å². The molecule has 12 heavy (non-hydrogen) atoms. The van der Waals surface area contributed by atoms with Crippen LogP contribution in [0.2, 0.25) is 0 Å². The highest BCUT2D eigenvalue weighted by Gasteiger charge is 1.96. The maximum Gasteiger partial charge on any atom is 0.0588 e. The molecule has 0 saturated carbocycles. The van der Waals surface area contributed by atoms with E-state index < -0.39 is 0 Å². The predicted molar refractivity (Wildman–Crippen MR) is 50.2 cm³/mol. The molecule has 0 rings (SSSR count). The first-order valence-electron chi connectivity index (χ1n) is 4.70. The zero-order valence-corrected chi connectivity index (χ0v) is 8.21. The smallest absolute Gasteiger partial charge is 0.0588 e. The Hall–Kier alpha value is -0.120. The van der Waals surface area contributed by atoms with Gasteiger partial charge >= 0.3 is 0 Å². The second-order valence-corrected chi connectivity index (χ2v) is 2.84. The monoisotopic (exact) mass is 175 g/mol. The molecule has 0 unspecified atom stereocenters. The molecule has 0 aliphatic heterocycles. The van der Waals surface area contributed by atoms with Gasteiger partial charge in [0.1, 0.15) is 0 Å². The van der Waals surface area contributed by atoms with E-state index >= 15 is 0 Å². The van der Waals surface area contributed by atoms with Crippen molar-refractivity contribution in [1.82, 2.24) is 0 Å². The summed E-state index contributed by atoms with van der Waals surface area (Å²) in [5, 5.41) is 0. The average Bonchev–Trinajstić information content (AvgIpc) is 2.10. The first-order chi connectivity index (χ1) is 5.81. The van der Waals surface area contributed by atoms with Gasteiger partial charge < -0.3 is 15.2 Å². The van der Waals surface area contributed by atoms with Crippen LogP contribution in [0.1, 0.15) is 26.7 Å². The quantitative estimate of drug-likeness (QED) is 0.563. The number of rotatable bonds is 8. The van der Waals surface area contributed by atoms with E-state index in [0.29, 0.717) is 19.3 Å². The van der Waals surface area contributed by atoms with Gasteiger partial charge in [-0.1, -0.05) is 6.92 Å². The van der Waals surface area contributed by atoms with Crippen molar-refractivity contribution < 1.29 is 9.47 Å². The van der Waals surface area contributed by atoms with Crippen molar-refractivity contribution in [2.45, 2.75) is 32.8 Å². The van der Waals surface area contributed by atoms with Crippen molar-refractivity contribution in [3.05, 3.63) is 0 Å². The van der Waals surface area contributed by atoms with Gasteiger partial charge in [-0.2, -0.15) is 0 Å². The van der Waals surface area contributed by atoms with Crippen molar-refractivity contribution in [2.24, 2.45) is 5.73 Å². The van der Waals surface area contributed by atoms with Crippen molar-refractivity contribution in [2.75, 3.05) is 26.4 Å². The van der Waals surface area contributed by atoms with E-state index in [1.54, 1.807) is 0 Å². The van der Waals surface area contributed by atoms with Crippen LogP contribution in [0.15, 0.2) is 0 Å². The average molecular weight is 175 g/mol. The molecule has 0 saturated heterocycles. The molecular formula is C9H21NO2. The van der Waals surface area contributed by atoms with Gasteiger partial charge in [-0.25, -0.2) is 0 Å². The highest BCUT2D eigenvalue weighted by atomic mass is 16.5. The van der Waals surface area contributed by atoms with Crippen LogP contribution in [0.5, 0.6) is 0 Å². The molecule has 0 amide bonds. The summed E-state index contributed by atoms with van der Waals surface area (Å²) in [7, 11) is 0. The second-order valence-electron chi connectivity index (χ2n) is 2.84. The molecule has 0 radical (unpaired) electrons. The zero-order valence-electron chi connectivity index (χ0n) is 8.21. The van der Waals surface area contributed by atoms with Crippen molar-refractivity contribution in [3.8, 4) is 0 Å². The number of ether oxygens (including phenoxy) is 2. The van der Waals surface area contributed by atoms with Crippen LogP contribution in [0, 0.1) is 0 Å². The van der Waals surface area contributed by atoms with Crippen molar-refractivity contribution in [3.63, 3.8) is 0 Å². The van der Waals surface area contributed by atoms with E-state index in [1.165, 1.54) is 0 Å². The third-order valence-corrected chi connectivity index (χ3v) is 1.67. The third kappa shape index (κ3) is 7.98. The minimum atomic E-state index is 0.375. The van der Waals surface area contributed by atoms with E-state index in [-0.39, 0.29) is 0 Å². The normalized spacial score (nSPS) is 13.2. The maximum atomic E-state index is 5.46. The van der Waals surface area contributed by atoms with E-state index in [0.717, 1.165) is 26.1 Å².